The Balaban J connectivity index is 2.78. The molecule has 0 saturated carbocycles. The van der Waals surface area contributed by atoms with Crippen LogP contribution in [0.1, 0.15) is 0 Å². The number of carboxylic acids is 2. The van der Waals surface area contributed by atoms with Crippen LogP contribution in [0.2, 0.25) is 0 Å². The van der Waals surface area contributed by atoms with E-state index in [0.717, 1.165) is 12.1 Å². The SMILES string of the molecule is NC(COc1ccc(F)cc1)=C(C(=O)O)C(=O)O. The summed E-state index contributed by atoms with van der Waals surface area (Å²) in [5.74, 6) is -3.51. The molecular formula is C11H10FNO5. The maximum absolute atomic E-state index is 12.6. The van der Waals surface area contributed by atoms with Crippen LogP contribution in [-0.2, 0) is 9.59 Å². The molecular weight excluding hydrogens is 245 g/mol. The molecule has 4 N–H and O–H groups in total. The molecule has 0 aliphatic carbocycles. The number of benzene rings is 1. The van der Waals surface area contributed by atoms with Gasteiger partial charge in [0, 0.05) is 0 Å². The standard InChI is InChI=1S/C11H10FNO5/c12-6-1-3-7(4-2-6)18-5-8(13)9(10(14)15)11(16)17/h1-4H,5,13H2,(H,14,15)(H,16,17). The van der Waals surface area contributed by atoms with Crippen molar-refractivity contribution in [1.82, 2.24) is 0 Å². The van der Waals surface area contributed by atoms with Crippen molar-refractivity contribution in [2.45, 2.75) is 0 Å². The van der Waals surface area contributed by atoms with Crippen molar-refractivity contribution in [1.29, 1.82) is 0 Å². The highest BCUT2D eigenvalue weighted by atomic mass is 19.1. The molecule has 0 unspecified atom stereocenters. The van der Waals surface area contributed by atoms with Gasteiger partial charge in [-0.1, -0.05) is 0 Å². The minimum absolute atomic E-state index is 0.245. The summed E-state index contributed by atoms with van der Waals surface area (Å²) in [5.41, 5.74) is 3.94. The third-order valence-electron chi connectivity index (χ3n) is 1.96. The summed E-state index contributed by atoms with van der Waals surface area (Å²) in [4.78, 5) is 21.2. The fourth-order valence-electron chi connectivity index (χ4n) is 1.13. The molecule has 0 spiro atoms. The maximum atomic E-state index is 12.6. The Kier molecular flexibility index (Phi) is 4.25. The highest BCUT2D eigenvalue weighted by Gasteiger charge is 2.20. The zero-order valence-corrected chi connectivity index (χ0v) is 9.09. The fraction of sp³-hybridized carbons (Fsp3) is 0.0909. The van der Waals surface area contributed by atoms with Crippen molar-refractivity contribution < 1.29 is 28.9 Å². The summed E-state index contributed by atoms with van der Waals surface area (Å²) in [6.07, 6.45) is 0. The molecule has 0 amide bonds. The van der Waals surface area contributed by atoms with Crippen LogP contribution in [-0.4, -0.2) is 28.8 Å². The second kappa shape index (κ2) is 5.67. The average Bonchev–Trinajstić information content (AvgIpc) is 2.27. The van der Waals surface area contributed by atoms with Crippen molar-refractivity contribution in [3.8, 4) is 5.75 Å². The number of nitrogens with two attached hydrogens (primary N) is 1. The monoisotopic (exact) mass is 255 g/mol. The number of aliphatic carboxylic acids is 2. The Labute approximate surface area is 101 Å². The van der Waals surface area contributed by atoms with Crippen molar-refractivity contribution in [2.24, 2.45) is 5.73 Å². The first-order valence-corrected chi connectivity index (χ1v) is 4.75. The van der Waals surface area contributed by atoms with Crippen LogP contribution in [0, 0.1) is 5.82 Å². The normalized spacial score (nSPS) is 9.61. The van der Waals surface area contributed by atoms with Gasteiger partial charge < -0.3 is 20.7 Å². The van der Waals surface area contributed by atoms with Crippen molar-refractivity contribution in [3.05, 3.63) is 41.4 Å². The third kappa shape index (κ3) is 3.48. The number of carbonyl (C=O) groups is 2. The van der Waals surface area contributed by atoms with Crippen molar-refractivity contribution in [3.63, 3.8) is 0 Å². The van der Waals surface area contributed by atoms with E-state index in [9.17, 15) is 14.0 Å². The lowest BCUT2D eigenvalue weighted by molar-refractivity contribution is -0.140. The van der Waals surface area contributed by atoms with Gasteiger partial charge >= 0.3 is 11.9 Å². The molecule has 96 valence electrons. The highest BCUT2D eigenvalue weighted by Crippen LogP contribution is 2.12. The van der Waals surface area contributed by atoms with E-state index in [1.165, 1.54) is 12.1 Å². The summed E-state index contributed by atoms with van der Waals surface area (Å²) >= 11 is 0. The topological polar surface area (TPSA) is 110 Å². The molecule has 0 radical (unpaired) electrons. The molecule has 6 nitrogen and oxygen atoms in total. The van der Waals surface area contributed by atoms with Crippen LogP contribution in [0.5, 0.6) is 5.75 Å². The van der Waals surface area contributed by atoms with Gasteiger partial charge in [0.2, 0.25) is 0 Å². The van der Waals surface area contributed by atoms with Gasteiger partial charge in [-0.25, -0.2) is 14.0 Å². The molecule has 0 aliphatic heterocycles. The predicted molar refractivity (Wildman–Crippen MR) is 58.4 cm³/mol. The number of carboxylic acid groups (broad SMARTS) is 2. The van der Waals surface area contributed by atoms with Crippen LogP contribution < -0.4 is 10.5 Å². The van der Waals surface area contributed by atoms with Gasteiger partial charge in [-0.15, -0.1) is 0 Å². The Morgan fingerprint density at radius 2 is 1.67 bits per heavy atom. The largest absolute Gasteiger partial charge is 0.487 e. The van der Waals surface area contributed by atoms with Crippen molar-refractivity contribution >= 4 is 11.9 Å². The average molecular weight is 255 g/mol. The molecule has 18 heavy (non-hydrogen) atoms. The summed E-state index contributed by atoms with van der Waals surface area (Å²) in [6.45, 7) is -0.417. The van der Waals surface area contributed by atoms with Crippen LogP contribution >= 0.6 is 0 Å². The zero-order valence-electron chi connectivity index (χ0n) is 9.09. The van der Waals surface area contributed by atoms with Gasteiger partial charge in [-0.3, -0.25) is 0 Å². The van der Waals surface area contributed by atoms with Gasteiger partial charge in [0.25, 0.3) is 0 Å². The van der Waals surface area contributed by atoms with Gasteiger partial charge in [0.1, 0.15) is 18.2 Å². The highest BCUT2D eigenvalue weighted by molar-refractivity contribution is 6.13. The molecule has 1 aromatic rings. The van der Waals surface area contributed by atoms with Crippen LogP contribution in [0.4, 0.5) is 4.39 Å². The van der Waals surface area contributed by atoms with E-state index in [0.29, 0.717) is 0 Å². The van der Waals surface area contributed by atoms with E-state index < -0.39 is 35.6 Å². The number of halogens is 1. The van der Waals surface area contributed by atoms with E-state index >= 15 is 0 Å². The lowest BCUT2D eigenvalue weighted by atomic mass is 10.2. The molecule has 0 aromatic heterocycles. The quantitative estimate of drug-likeness (QED) is 0.403. The Morgan fingerprint density at radius 1 is 1.17 bits per heavy atom. The van der Waals surface area contributed by atoms with Crippen LogP contribution in [0.25, 0.3) is 0 Å². The molecule has 0 heterocycles. The Morgan fingerprint density at radius 3 is 2.11 bits per heavy atom. The molecule has 7 heteroatoms. The molecule has 0 saturated heterocycles. The van der Waals surface area contributed by atoms with Crippen LogP contribution in [0.15, 0.2) is 35.5 Å². The second-order valence-electron chi connectivity index (χ2n) is 3.25. The smallest absolute Gasteiger partial charge is 0.345 e. The maximum Gasteiger partial charge on any atom is 0.345 e. The number of rotatable bonds is 5. The summed E-state index contributed by atoms with van der Waals surface area (Å²) in [6, 6.07) is 4.91. The zero-order chi connectivity index (χ0) is 13.7. The van der Waals surface area contributed by atoms with E-state index in [1.54, 1.807) is 0 Å². The second-order valence-corrected chi connectivity index (χ2v) is 3.25. The molecule has 1 aromatic carbocycles. The van der Waals surface area contributed by atoms with Gasteiger partial charge in [-0.05, 0) is 24.3 Å². The number of hydrogen-bond donors (Lipinski definition) is 3. The molecule has 1 rings (SSSR count). The van der Waals surface area contributed by atoms with Gasteiger partial charge in [-0.2, -0.15) is 0 Å². The first-order valence-electron chi connectivity index (χ1n) is 4.75. The summed E-state index contributed by atoms with van der Waals surface area (Å²) in [5, 5.41) is 17.2. The summed E-state index contributed by atoms with van der Waals surface area (Å²) in [7, 11) is 0. The lowest BCUT2D eigenvalue weighted by Crippen LogP contribution is -2.22. The first-order chi connectivity index (χ1) is 8.41. The minimum Gasteiger partial charge on any atom is -0.487 e. The van der Waals surface area contributed by atoms with E-state index in [-0.39, 0.29) is 5.75 Å². The van der Waals surface area contributed by atoms with Crippen molar-refractivity contribution in [2.75, 3.05) is 6.61 Å². The first kappa shape index (κ1) is 13.5. The Hall–Kier alpha value is -2.57. The predicted octanol–water partition coefficient (Wildman–Crippen LogP) is 0.586. The Bertz CT molecular complexity index is 479. The van der Waals surface area contributed by atoms with E-state index in [4.69, 9.17) is 20.7 Å². The lowest BCUT2D eigenvalue weighted by Gasteiger charge is -2.07. The molecule has 0 atom stereocenters. The van der Waals surface area contributed by atoms with Gasteiger partial charge in [0.15, 0.2) is 5.57 Å². The minimum atomic E-state index is -1.65. The molecule has 0 fully saturated rings. The van der Waals surface area contributed by atoms with E-state index in [1.807, 2.05) is 0 Å². The fourth-order valence-corrected chi connectivity index (χ4v) is 1.13. The van der Waals surface area contributed by atoms with Gasteiger partial charge in [0.05, 0.1) is 5.70 Å². The third-order valence-corrected chi connectivity index (χ3v) is 1.96. The van der Waals surface area contributed by atoms with Crippen LogP contribution in [0.3, 0.4) is 0 Å². The number of ether oxygens (including phenoxy) is 1. The van der Waals surface area contributed by atoms with E-state index in [2.05, 4.69) is 0 Å². The molecule has 0 bridgehead atoms. The number of hydrogen-bond acceptors (Lipinski definition) is 4. The summed E-state index contributed by atoms with van der Waals surface area (Å²) < 4.78 is 17.6. The molecule has 0 aliphatic rings.